The van der Waals surface area contributed by atoms with Crippen molar-refractivity contribution in [1.29, 1.82) is 0 Å². The van der Waals surface area contributed by atoms with Crippen molar-refractivity contribution >= 4 is 5.97 Å². The van der Waals surface area contributed by atoms with Crippen molar-refractivity contribution in [3.8, 4) is 0 Å². The Balaban J connectivity index is 3.38. The molecule has 0 aliphatic rings. The van der Waals surface area contributed by atoms with E-state index in [1.807, 2.05) is 0 Å². The highest BCUT2D eigenvalue weighted by atomic mass is 16.4. The molecular formula is C16H32O3. The molecule has 0 aromatic carbocycles. The molecule has 0 heterocycles. The molecule has 0 aliphatic heterocycles. The lowest BCUT2D eigenvalue weighted by Gasteiger charge is -2.21. The Hall–Kier alpha value is -0.570. The lowest BCUT2D eigenvalue weighted by atomic mass is 9.93. The van der Waals surface area contributed by atoms with Crippen LogP contribution in [-0.2, 0) is 4.79 Å². The third-order valence-electron chi connectivity index (χ3n) is 3.93. The second kappa shape index (κ2) is 11.3. The van der Waals surface area contributed by atoms with Gasteiger partial charge in [0.1, 0.15) is 0 Å². The summed E-state index contributed by atoms with van der Waals surface area (Å²) >= 11 is 0. The second-order valence-electron chi connectivity index (χ2n) is 5.62. The van der Waals surface area contributed by atoms with Gasteiger partial charge in [-0.2, -0.15) is 0 Å². The molecule has 0 saturated carbocycles. The van der Waals surface area contributed by atoms with Gasteiger partial charge in [-0.05, 0) is 19.3 Å². The van der Waals surface area contributed by atoms with Crippen LogP contribution in [0.2, 0.25) is 0 Å². The maximum Gasteiger partial charge on any atom is 0.335 e. The van der Waals surface area contributed by atoms with Crippen molar-refractivity contribution < 1.29 is 15.0 Å². The predicted molar refractivity (Wildman–Crippen MR) is 79.3 cm³/mol. The van der Waals surface area contributed by atoms with E-state index in [1.165, 1.54) is 44.9 Å². The van der Waals surface area contributed by atoms with E-state index >= 15 is 0 Å². The molecule has 0 saturated heterocycles. The number of hydrogen-bond donors (Lipinski definition) is 2. The smallest absolute Gasteiger partial charge is 0.335 e. The number of carboxylic acid groups (broad SMARTS) is 1. The number of aliphatic carboxylic acids is 1. The molecule has 3 heteroatoms. The highest BCUT2D eigenvalue weighted by Gasteiger charge is 2.32. The summed E-state index contributed by atoms with van der Waals surface area (Å²) in [5, 5.41) is 18.7. The van der Waals surface area contributed by atoms with E-state index in [-0.39, 0.29) is 0 Å². The van der Waals surface area contributed by atoms with E-state index < -0.39 is 11.6 Å². The van der Waals surface area contributed by atoms with Crippen LogP contribution < -0.4 is 0 Å². The molecule has 0 aliphatic carbocycles. The van der Waals surface area contributed by atoms with Gasteiger partial charge >= 0.3 is 5.97 Å². The van der Waals surface area contributed by atoms with Gasteiger partial charge in [0.25, 0.3) is 0 Å². The molecule has 0 bridgehead atoms. The largest absolute Gasteiger partial charge is 0.479 e. The van der Waals surface area contributed by atoms with Gasteiger partial charge in [0.15, 0.2) is 5.60 Å². The van der Waals surface area contributed by atoms with E-state index in [1.54, 1.807) is 6.92 Å². The van der Waals surface area contributed by atoms with Crippen molar-refractivity contribution in [2.24, 2.45) is 0 Å². The van der Waals surface area contributed by atoms with E-state index in [4.69, 9.17) is 5.11 Å². The summed E-state index contributed by atoms with van der Waals surface area (Å²) in [6, 6.07) is 0. The monoisotopic (exact) mass is 272 g/mol. The summed E-state index contributed by atoms with van der Waals surface area (Å²) in [6.07, 6.45) is 12.9. The van der Waals surface area contributed by atoms with Gasteiger partial charge in [0.2, 0.25) is 0 Å². The zero-order chi connectivity index (χ0) is 14.6. The minimum atomic E-state index is -1.50. The molecule has 0 aromatic rings. The Morgan fingerprint density at radius 1 is 0.842 bits per heavy atom. The van der Waals surface area contributed by atoms with Crippen molar-refractivity contribution in [1.82, 2.24) is 0 Å². The molecule has 0 radical (unpaired) electrons. The fourth-order valence-electron chi connectivity index (χ4n) is 2.34. The average Bonchev–Trinajstić information content (AvgIpc) is 2.40. The molecule has 3 nitrogen and oxygen atoms in total. The lowest BCUT2D eigenvalue weighted by Crippen LogP contribution is -2.37. The number of hydrogen-bond acceptors (Lipinski definition) is 2. The molecular weight excluding hydrogens is 240 g/mol. The number of aliphatic hydroxyl groups is 1. The minimum absolute atomic E-state index is 0.291. The first-order valence-electron chi connectivity index (χ1n) is 8.02. The standard InChI is InChI=1S/C16H32O3/c1-3-5-6-7-8-9-10-11-12-13-14-16(19,4-2)15(17)18/h19H,3-14H2,1-2H3,(H,17,18). The van der Waals surface area contributed by atoms with Gasteiger partial charge in [-0.15, -0.1) is 0 Å². The lowest BCUT2D eigenvalue weighted by molar-refractivity contribution is -0.159. The van der Waals surface area contributed by atoms with Gasteiger partial charge in [-0.3, -0.25) is 0 Å². The van der Waals surface area contributed by atoms with Gasteiger partial charge in [0, 0.05) is 0 Å². The number of carbonyl (C=O) groups is 1. The van der Waals surface area contributed by atoms with Crippen LogP contribution in [0.4, 0.5) is 0 Å². The highest BCUT2D eigenvalue weighted by molar-refractivity contribution is 5.76. The fraction of sp³-hybridized carbons (Fsp3) is 0.938. The Morgan fingerprint density at radius 2 is 1.26 bits per heavy atom. The van der Waals surface area contributed by atoms with Crippen molar-refractivity contribution in [2.45, 2.75) is 96.5 Å². The first-order chi connectivity index (χ1) is 9.06. The zero-order valence-electron chi connectivity index (χ0n) is 12.8. The summed E-state index contributed by atoms with van der Waals surface area (Å²) in [7, 11) is 0. The minimum Gasteiger partial charge on any atom is -0.479 e. The van der Waals surface area contributed by atoms with Gasteiger partial charge < -0.3 is 10.2 Å². The summed E-state index contributed by atoms with van der Waals surface area (Å²) in [6.45, 7) is 3.96. The summed E-state index contributed by atoms with van der Waals surface area (Å²) in [5.41, 5.74) is -1.50. The number of rotatable bonds is 13. The molecule has 0 rings (SSSR count). The SMILES string of the molecule is CCCCCCCCCCCCC(O)(CC)C(=O)O. The summed E-state index contributed by atoms with van der Waals surface area (Å²) < 4.78 is 0. The van der Waals surface area contributed by atoms with E-state index in [2.05, 4.69) is 6.92 Å². The molecule has 114 valence electrons. The molecule has 19 heavy (non-hydrogen) atoms. The molecule has 1 unspecified atom stereocenters. The van der Waals surface area contributed by atoms with E-state index in [0.717, 1.165) is 19.3 Å². The van der Waals surface area contributed by atoms with Crippen LogP contribution in [-0.4, -0.2) is 21.8 Å². The maximum atomic E-state index is 10.9. The zero-order valence-corrected chi connectivity index (χ0v) is 12.8. The third kappa shape index (κ3) is 9.04. The van der Waals surface area contributed by atoms with Crippen LogP contribution in [0.1, 0.15) is 90.9 Å². The molecule has 0 aromatic heterocycles. The van der Waals surface area contributed by atoms with Crippen LogP contribution in [0.3, 0.4) is 0 Å². The second-order valence-corrected chi connectivity index (χ2v) is 5.62. The fourth-order valence-corrected chi connectivity index (χ4v) is 2.34. The third-order valence-corrected chi connectivity index (χ3v) is 3.93. The molecule has 2 N–H and O–H groups in total. The van der Waals surface area contributed by atoms with Gasteiger partial charge in [-0.1, -0.05) is 71.6 Å². The van der Waals surface area contributed by atoms with Crippen LogP contribution in [0.5, 0.6) is 0 Å². The molecule has 0 spiro atoms. The Bertz CT molecular complexity index is 228. The predicted octanol–water partition coefficient (Wildman–Crippen LogP) is 4.52. The Kier molecular flexibility index (Phi) is 10.9. The summed E-state index contributed by atoms with van der Waals surface area (Å²) in [5.74, 6) is -1.08. The molecule has 1 atom stereocenters. The first-order valence-corrected chi connectivity index (χ1v) is 8.02. The van der Waals surface area contributed by atoms with Crippen molar-refractivity contribution in [3.63, 3.8) is 0 Å². The van der Waals surface area contributed by atoms with Gasteiger partial charge in [0.05, 0.1) is 0 Å². The maximum absolute atomic E-state index is 10.9. The molecule has 0 amide bonds. The highest BCUT2D eigenvalue weighted by Crippen LogP contribution is 2.20. The average molecular weight is 272 g/mol. The van der Waals surface area contributed by atoms with E-state index in [9.17, 15) is 9.90 Å². The normalized spacial score (nSPS) is 14.3. The van der Waals surface area contributed by atoms with Crippen molar-refractivity contribution in [2.75, 3.05) is 0 Å². The Morgan fingerprint density at radius 3 is 1.63 bits per heavy atom. The van der Waals surface area contributed by atoms with Crippen LogP contribution in [0, 0.1) is 0 Å². The van der Waals surface area contributed by atoms with Crippen LogP contribution >= 0.6 is 0 Å². The van der Waals surface area contributed by atoms with Crippen LogP contribution in [0.25, 0.3) is 0 Å². The number of unbranched alkanes of at least 4 members (excludes halogenated alkanes) is 9. The summed E-state index contributed by atoms with van der Waals surface area (Å²) in [4.78, 5) is 10.9. The topological polar surface area (TPSA) is 57.5 Å². The Labute approximate surface area is 118 Å². The van der Waals surface area contributed by atoms with Gasteiger partial charge in [-0.25, -0.2) is 4.79 Å². The number of carboxylic acids is 1. The van der Waals surface area contributed by atoms with E-state index in [0.29, 0.717) is 12.8 Å². The van der Waals surface area contributed by atoms with Crippen molar-refractivity contribution in [3.05, 3.63) is 0 Å². The first kappa shape index (κ1) is 18.4. The molecule has 0 fully saturated rings. The quantitative estimate of drug-likeness (QED) is 0.484. The van der Waals surface area contributed by atoms with Crippen LogP contribution in [0.15, 0.2) is 0 Å².